The first-order chi connectivity index (χ1) is 9.88. The van der Waals surface area contributed by atoms with Crippen LogP contribution in [-0.2, 0) is 14.8 Å². The number of amides is 1. The van der Waals surface area contributed by atoms with Gasteiger partial charge in [0.2, 0.25) is 15.9 Å². The summed E-state index contributed by atoms with van der Waals surface area (Å²) in [6.07, 6.45) is 3.10. The number of sulfonamides is 1. The van der Waals surface area contributed by atoms with Crippen LogP contribution in [0.5, 0.6) is 0 Å². The quantitative estimate of drug-likeness (QED) is 0.863. The van der Waals surface area contributed by atoms with E-state index in [4.69, 9.17) is 5.14 Å². The SMILES string of the molecule is NS(=O)(=O)c1ccc(NCC(=O)N2CCCCC2)c(F)c1. The van der Waals surface area contributed by atoms with Crippen LogP contribution < -0.4 is 10.5 Å². The van der Waals surface area contributed by atoms with Crippen molar-refractivity contribution >= 4 is 21.6 Å². The third-order valence-electron chi connectivity index (χ3n) is 3.41. The largest absolute Gasteiger partial charge is 0.374 e. The molecule has 2 rings (SSSR count). The van der Waals surface area contributed by atoms with Crippen molar-refractivity contribution in [1.82, 2.24) is 4.90 Å². The van der Waals surface area contributed by atoms with Crippen LogP contribution >= 0.6 is 0 Å². The topological polar surface area (TPSA) is 92.5 Å². The molecule has 0 atom stereocenters. The molecule has 0 bridgehead atoms. The number of nitrogens with one attached hydrogen (secondary N) is 1. The van der Waals surface area contributed by atoms with Crippen LogP contribution in [0.15, 0.2) is 23.1 Å². The molecule has 1 heterocycles. The van der Waals surface area contributed by atoms with Gasteiger partial charge in [-0.2, -0.15) is 0 Å². The summed E-state index contributed by atoms with van der Waals surface area (Å²) in [5.41, 5.74) is 0.0766. The minimum absolute atomic E-state index is 0.0222. The molecular formula is C13H18FN3O3S. The number of nitrogens with two attached hydrogens (primary N) is 1. The summed E-state index contributed by atoms with van der Waals surface area (Å²) in [6.45, 7) is 1.44. The van der Waals surface area contributed by atoms with Gasteiger partial charge in [-0.3, -0.25) is 4.79 Å². The Kier molecular flexibility index (Phi) is 4.79. The van der Waals surface area contributed by atoms with Gasteiger partial charge in [0.25, 0.3) is 0 Å². The molecule has 0 unspecified atom stereocenters. The van der Waals surface area contributed by atoms with E-state index in [1.807, 2.05) is 0 Å². The fourth-order valence-electron chi connectivity index (χ4n) is 2.24. The van der Waals surface area contributed by atoms with Crippen molar-refractivity contribution in [2.75, 3.05) is 25.0 Å². The number of piperidine rings is 1. The van der Waals surface area contributed by atoms with Crippen LogP contribution in [0.25, 0.3) is 0 Å². The molecule has 1 saturated heterocycles. The Morgan fingerprint density at radius 1 is 1.29 bits per heavy atom. The van der Waals surface area contributed by atoms with E-state index in [2.05, 4.69) is 5.32 Å². The molecule has 1 fully saturated rings. The minimum Gasteiger partial charge on any atom is -0.374 e. The summed E-state index contributed by atoms with van der Waals surface area (Å²) in [6, 6.07) is 3.30. The number of carbonyl (C=O) groups excluding carboxylic acids is 1. The zero-order valence-electron chi connectivity index (χ0n) is 11.5. The highest BCUT2D eigenvalue weighted by molar-refractivity contribution is 7.89. The molecule has 1 aliphatic heterocycles. The first-order valence-corrected chi connectivity index (χ1v) is 8.26. The van der Waals surface area contributed by atoms with Crippen LogP contribution in [-0.4, -0.2) is 38.9 Å². The molecule has 1 aromatic rings. The number of hydrogen-bond donors (Lipinski definition) is 2. The summed E-state index contributed by atoms with van der Waals surface area (Å²) in [7, 11) is -3.93. The van der Waals surface area contributed by atoms with Crippen molar-refractivity contribution in [1.29, 1.82) is 0 Å². The number of halogens is 1. The zero-order chi connectivity index (χ0) is 15.5. The molecule has 3 N–H and O–H groups in total. The van der Waals surface area contributed by atoms with E-state index in [1.54, 1.807) is 4.90 Å². The van der Waals surface area contributed by atoms with Crippen LogP contribution in [0.3, 0.4) is 0 Å². The van der Waals surface area contributed by atoms with Gasteiger partial charge in [-0.15, -0.1) is 0 Å². The van der Waals surface area contributed by atoms with E-state index in [0.29, 0.717) is 0 Å². The van der Waals surface area contributed by atoms with E-state index in [0.717, 1.165) is 38.4 Å². The number of likely N-dealkylation sites (tertiary alicyclic amines) is 1. The summed E-state index contributed by atoms with van der Waals surface area (Å²) >= 11 is 0. The predicted octanol–water partition coefficient (Wildman–Crippen LogP) is 0.897. The van der Waals surface area contributed by atoms with E-state index in [9.17, 15) is 17.6 Å². The van der Waals surface area contributed by atoms with Gasteiger partial charge >= 0.3 is 0 Å². The lowest BCUT2D eigenvalue weighted by molar-refractivity contribution is -0.130. The number of primary sulfonamides is 1. The van der Waals surface area contributed by atoms with E-state index < -0.39 is 15.8 Å². The van der Waals surface area contributed by atoms with Crippen molar-refractivity contribution in [3.8, 4) is 0 Å². The molecule has 1 aromatic carbocycles. The number of nitrogens with zero attached hydrogens (tertiary/aromatic N) is 1. The van der Waals surface area contributed by atoms with Crippen LogP contribution in [0.2, 0.25) is 0 Å². The summed E-state index contributed by atoms with van der Waals surface area (Å²) in [5.74, 6) is -0.849. The monoisotopic (exact) mass is 315 g/mol. The first kappa shape index (κ1) is 15.7. The van der Waals surface area contributed by atoms with Crippen molar-refractivity contribution < 1.29 is 17.6 Å². The average molecular weight is 315 g/mol. The van der Waals surface area contributed by atoms with Crippen LogP contribution in [0.1, 0.15) is 19.3 Å². The van der Waals surface area contributed by atoms with E-state index in [-0.39, 0.29) is 23.0 Å². The summed E-state index contributed by atoms with van der Waals surface area (Å²) in [4.78, 5) is 13.4. The Balaban J connectivity index is 1.98. The Labute approximate surface area is 123 Å². The van der Waals surface area contributed by atoms with Crippen LogP contribution in [0.4, 0.5) is 10.1 Å². The fourth-order valence-corrected chi connectivity index (χ4v) is 2.77. The molecule has 116 valence electrons. The molecule has 0 aliphatic carbocycles. The number of hydrogen-bond acceptors (Lipinski definition) is 4. The predicted molar refractivity (Wildman–Crippen MR) is 76.7 cm³/mol. The second-order valence-corrected chi connectivity index (χ2v) is 6.54. The molecule has 21 heavy (non-hydrogen) atoms. The average Bonchev–Trinajstić information content (AvgIpc) is 2.45. The van der Waals surface area contributed by atoms with Crippen molar-refractivity contribution in [3.63, 3.8) is 0 Å². The van der Waals surface area contributed by atoms with Gasteiger partial charge in [0, 0.05) is 13.1 Å². The summed E-state index contributed by atoms with van der Waals surface area (Å²) < 4.78 is 36.0. The van der Waals surface area contributed by atoms with E-state index >= 15 is 0 Å². The van der Waals surface area contributed by atoms with Gasteiger partial charge in [0.15, 0.2) is 0 Å². The van der Waals surface area contributed by atoms with Crippen molar-refractivity contribution in [2.24, 2.45) is 5.14 Å². The Morgan fingerprint density at radius 2 is 1.95 bits per heavy atom. The number of rotatable bonds is 4. The minimum atomic E-state index is -3.93. The molecule has 1 aliphatic rings. The maximum absolute atomic E-state index is 13.8. The fraction of sp³-hybridized carbons (Fsp3) is 0.462. The molecule has 0 saturated carbocycles. The smallest absolute Gasteiger partial charge is 0.241 e. The highest BCUT2D eigenvalue weighted by Crippen LogP contribution is 2.18. The van der Waals surface area contributed by atoms with Crippen LogP contribution in [0, 0.1) is 5.82 Å². The lowest BCUT2D eigenvalue weighted by atomic mass is 10.1. The zero-order valence-corrected chi connectivity index (χ0v) is 12.3. The molecular weight excluding hydrogens is 297 g/mol. The number of benzene rings is 1. The standard InChI is InChI=1S/C13H18FN3O3S/c14-11-8-10(21(15,19)20)4-5-12(11)16-9-13(18)17-6-2-1-3-7-17/h4-5,8,16H,1-3,6-7,9H2,(H2,15,19,20). The maximum atomic E-state index is 13.8. The molecule has 0 radical (unpaired) electrons. The van der Waals surface area contributed by atoms with Gasteiger partial charge in [-0.25, -0.2) is 17.9 Å². The van der Waals surface area contributed by atoms with E-state index in [1.165, 1.54) is 12.1 Å². The third-order valence-corrected chi connectivity index (χ3v) is 4.32. The maximum Gasteiger partial charge on any atom is 0.241 e. The van der Waals surface area contributed by atoms with Gasteiger partial charge < -0.3 is 10.2 Å². The second-order valence-electron chi connectivity index (χ2n) is 4.98. The van der Waals surface area contributed by atoms with Gasteiger partial charge in [0.1, 0.15) is 5.82 Å². The Morgan fingerprint density at radius 3 is 2.52 bits per heavy atom. The highest BCUT2D eigenvalue weighted by atomic mass is 32.2. The number of anilines is 1. The molecule has 0 aromatic heterocycles. The lowest BCUT2D eigenvalue weighted by Gasteiger charge is -2.26. The molecule has 1 amide bonds. The van der Waals surface area contributed by atoms with Crippen molar-refractivity contribution in [3.05, 3.63) is 24.0 Å². The molecule has 0 spiro atoms. The number of carbonyl (C=O) groups is 1. The van der Waals surface area contributed by atoms with Gasteiger partial charge in [0.05, 0.1) is 17.1 Å². The van der Waals surface area contributed by atoms with Crippen molar-refractivity contribution in [2.45, 2.75) is 24.2 Å². The Hall–Kier alpha value is -1.67. The first-order valence-electron chi connectivity index (χ1n) is 6.72. The van der Waals surface area contributed by atoms with Gasteiger partial charge in [-0.05, 0) is 37.5 Å². The normalized spacial score (nSPS) is 15.8. The third kappa shape index (κ3) is 4.15. The lowest BCUT2D eigenvalue weighted by Crippen LogP contribution is -2.39. The Bertz CT molecular complexity index is 628. The molecule has 8 heteroatoms. The van der Waals surface area contributed by atoms with Gasteiger partial charge in [-0.1, -0.05) is 0 Å². The second kappa shape index (κ2) is 6.40. The highest BCUT2D eigenvalue weighted by Gasteiger charge is 2.17. The summed E-state index contributed by atoms with van der Waals surface area (Å²) in [5, 5.41) is 7.61. The molecule has 6 nitrogen and oxygen atoms in total.